The van der Waals surface area contributed by atoms with Gasteiger partial charge in [-0.3, -0.25) is 4.79 Å². The molecule has 11 heteroatoms. The molecule has 1 amide bonds. The van der Waals surface area contributed by atoms with E-state index >= 15 is 0 Å². The van der Waals surface area contributed by atoms with Crippen LogP contribution >= 0.6 is 0 Å². The number of aryl methyl sites for hydroxylation is 1. The lowest BCUT2D eigenvalue weighted by atomic mass is 10.0. The molecule has 1 aliphatic rings. The third-order valence-corrected chi connectivity index (χ3v) is 6.60. The van der Waals surface area contributed by atoms with Gasteiger partial charge in [-0.2, -0.15) is 0 Å². The smallest absolute Gasteiger partial charge is 0.331 e. The van der Waals surface area contributed by atoms with E-state index in [1.807, 2.05) is 19.9 Å². The highest BCUT2D eigenvalue weighted by Crippen LogP contribution is 2.37. The summed E-state index contributed by atoms with van der Waals surface area (Å²) < 4.78 is 24.4. The molecule has 0 spiro atoms. The van der Waals surface area contributed by atoms with Crippen LogP contribution in [0.2, 0.25) is 0 Å². The minimum atomic E-state index is -0.984. The van der Waals surface area contributed by atoms with E-state index in [4.69, 9.17) is 9.47 Å². The molecular weight excluding hydrogens is 503 g/mol. The molecule has 1 saturated carbocycles. The number of rotatable bonds is 9. The van der Waals surface area contributed by atoms with Crippen molar-refractivity contribution in [2.45, 2.75) is 38.3 Å². The van der Waals surface area contributed by atoms with E-state index in [0.717, 1.165) is 16.7 Å². The van der Waals surface area contributed by atoms with Gasteiger partial charge in [0.25, 0.3) is 5.91 Å². The Bertz CT molecular complexity index is 1520. The lowest BCUT2D eigenvalue weighted by Gasteiger charge is -2.18. The van der Waals surface area contributed by atoms with Gasteiger partial charge in [0.15, 0.2) is 6.61 Å². The summed E-state index contributed by atoms with van der Waals surface area (Å²) in [5.74, 6) is 0.255. The molecule has 5 rings (SSSR count). The van der Waals surface area contributed by atoms with Crippen LogP contribution in [0.5, 0.6) is 5.75 Å². The van der Waals surface area contributed by atoms with Crippen LogP contribution in [0.4, 0.5) is 10.2 Å². The molecule has 2 aromatic carbocycles. The number of esters is 1. The molecule has 0 aliphatic heterocycles. The van der Waals surface area contributed by atoms with Gasteiger partial charge in [-0.15, -0.1) is 0 Å². The number of halogens is 1. The summed E-state index contributed by atoms with van der Waals surface area (Å²) in [6.07, 6.45) is 5.94. The van der Waals surface area contributed by atoms with Crippen LogP contribution < -0.4 is 15.4 Å². The number of carbonyl (C=O) groups excluding carboxylic acids is 2. The Morgan fingerprint density at radius 2 is 1.77 bits per heavy atom. The number of nitrogens with one attached hydrogen (secondary N) is 2. The van der Waals surface area contributed by atoms with Crippen molar-refractivity contribution in [2.75, 3.05) is 19.0 Å². The van der Waals surface area contributed by atoms with Crippen LogP contribution in [0.25, 0.3) is 22.0 Å². The number of hydrogen-bond acceptors (Lipinski definition) is 9. The first-order chi connectivity index (χ1) is 18.8. The van der Waals surface area contributed by atoms with Crippen molar-refractivity contribution < 1.29 is 23.5 Å². The van der Waals surface area contributed by atoms with E-state index in [-0.39, 0.29) is 18.5 Å². The number of aromatic nitrogens is 4. The van der Waals surface area contributed by atoms with E-state index in [1.54, 1.807) is 30.6 Å². The summed E-state index contributed by atoms with van der Waals surface area (Å²) in [4.78, 5) is 42.1. The van der Waals surface area contributed by atoms with Crippen LogP contribution in [-0.2, 0) is 14.3 Å². The Kier molecular flexibility index (Phi) is 7.05. The van der Waals surface area contributed by atoms with Gasteiger partial charge in [-0.1, -0.05) is 12.1 Å². The fourth-order valence-electron chi connectivity index (χ4n) is 4.23. The van der Waals surface area contributed by atoms with Gasteiger partial charge in [0.05, 0.1) is 13.2 Å². The van der Waals surface area contributed by atoms with Crippen LogP contribution in [0, 0.1) is 12.7 Å². The molecule has 39 heavy (non-hydrogen) atoms. The Morgan fingerprint density at radius 1 is 1.05 bits per heavy atom. The zero-order valence-electron chi connectivity index (χ0n) is 21.7. The second-order valence-corrected chi connectivity index (χ2v) is 9.44. The van der Waals surface area contributed by atoms with E-state index in [0.29, 0.717) is 41.1 Å². The SMILES string of the molecule is COC(=O)C1(NC(=O)COc2cc(-c3ccc(F)cc3)cc3c(N[C@H](C)c4cnc(C)nc4)ncnc23)CC1. The maximum atomic E-state index is 13.6. The number of benzene rings is 2. The maximum Gasteiger partial charge on any atom is 0.331 e. The largest absolute Gasteiger partial charge is 0.481 e. The molecule has 0 radical (unpaired) electrons. The molecule has 1 aliphatic carbocycles. The van der Waals surface area contributed by atoms with E-state index < -0.39 is 17.4 Å². The average Bonchev–Trinajstić information content (AvgIpc) is 3.72. The zero-order chi connectivity index (χ0) is 27.6. The standard InChI is InChI=1S/C28H27FN6O4/c1-16(20-12-30-17(2)31-13-20)34-26-22-10-19(18-4-6-21(29)7-5-18)11-23(25(22)32-15-33-26)39-14-24(36)35-28(8-9-28)27(37)38-3/h4-7,10-13,15-16H,8-9,14H2,1-3H3,(H,35,36)(H,32,33,34)/t16-/m1/s1. The summed E-state index contributed by atoms with van der Waals surface area (Å²) in [6, 6.07) is 9.50. The molecule has 2 N–H and O–H groups in total. The van der Waals surface area contributed by atoms with E-state index in [2.05, 4.69) is 30.6 Å². The molecule has 200 valence electrons. The summed E-state index contributed by atoms with van der Waals surface area (Å²) in [5.41, 5.74) is 1.82. The summed E-state index contributed by atoms with van der Waals surface area (Å²) in [7, 11) is 1.29. The number of anilines is 1. The molecule has 0 unspecified atom stereocenters. The molecular formula is C28H27FN6O4. The number of carbonyl (C=O) groups is 2. The van der Waals surface area contributed by atoms with Crippen molar-refractivity contribution >= 4 is 28.6 Å². The Morgan fingerprint density at radius 3 is 2.44 bits per heavy atom. The lowest BCUT2D eigenvalue weighted by Crippen LogP contribution is -2.45. The minimum Gasteiger partial charge on any atom is -0.481 e. The topological polar surface area (TPSA) is 128 Å². The summed E-state index contributed by atoms with van der Waals surface area (Å²) >= 11 is 0. The Hall–Kier alpha value is -4.67. The van der Waals surface area contributed by atoms with Gasteiger partial charge in [-0.25, -0.2) is 29.1 Å². The molecule has 10 nitrogen and oxygen atoms in total. The van der Waals surface area contributed by atoms with Gasteiger partial charge in [0, 0.05) is 23.3 Å². The van der Waals surface area contributed by atoms with Crippen molar-refractivity contribution in [3.63, 3.8) is 0 Å². The number of amides is 1. The number of ether oxygens (including phenoxy) is 2. The molecule has 1 atom stereocenters. The zero-order valence-corrected chi connectivity index (χ0v) is 21.7. The molecule has 0 saturated heterocycles. The predicted molar refractivity (Wildman–Crippen MR) is 141 cm³/mol. The number of nitrogens with zero attached hydrogens (tertiary/aromatic N) is 4. The molecule has 1 fully saturated rings. The molecule has 2 aromatic heterocycles. The summed E-state index contributed by atoms with van der Waals surface area (Å²) in [5, 5.41) is 6.73. The fraction of sp³-hybridized carbons (Fsp3) is 0.286. The van der Waals surface area contributed by atoms with E-state index in [9.17, 15) is 14.0 Å². The van der Waals surface area contributed by atoms with Crippen LogP contribution in [0.3, 0.4) is 0 Å². The molecule has 2 heterocycles. The predicted octanol–water partition coefficient (Wildman–Crippen LogP) is 3.91. The van der Waals surface area contributed by atoms with E-state index in [1.165, 1.54) is 25.6 Å². The van der Waals surface area contributed by atoms with Crippen molar-refractivity contribution in [1.82, 2.24) is 25.3 Å². The monoisotopic (exact) mass is 530 g/mol. The minimum absolute atomic E-state index is 0.179. The van der Waals surface area contributed by atoms with Gasteiger partial charge in [0.2, 0.25) is 0 Å². The molecule has 4 aromatic rings. The van der Waals surface area contributed by atoms with Crippen molar-refractivity contribution in [1.29, 1.82) is 0 Å². The first kappa shape index (κ1) is 26.0. The highest BCUT2D eigenvalue weighted by atomic mass is 19.1. The fourth-order valence-corrected chi connectivity index (χ4v) is 4.23. The van der Waals surface area contributed by atoms with Crippen molar-refractivity contribution in [3.05, 3.63) is 72.3 Å². The third kappa shape index (κ3) is 5.62. The van der Waals surface area contributed by atoms with Crippen LogP contribution in [0.15, 0.2) is 55.1 Å². The number of hydrogen-bond donors (Lipinski definition) is 2. The Labute approximate surface area is 224 Å². The second kappa shape index (κ2) is 10.6. The van der Waals surface area contributed by atoms with Gasteiger partial charge in [0.1, 0.15) is 40.6 Å². The molecule has 0 bridgehead atoms. The number of fused-ring (bicyclic) bond motifs is 1. The third-order valence-electron chi connectivity index (χ3n) is 6.60. The Balaban J connectivity index is 1.47. The number of methoxy groups -OCH3 is 1. The van der Waals surface area contributed by atoms with Gasteiger partial charge < -0.3 is 20.1 Å². The lowest BCUT2D eigenvalue weighted by molar-refractivity contribution is -0.146. The highest BCUT2D eigenvalue weighted by Gasteiger charge is 2.52. The quantitative estimate of drug-likeness (QED) is 0.310. The average molecular weight is 531 g/mol. The van der Waals surface area contributed by atoms with Crippen molar-refractivity contribution in [3.8, 4) is 16.9 Å². The van der Waals surface area contributed by atoms with Gasteiger partial charge in [-0.05, 0) is 62.1 Å². The highest BCUT2D eigenvalue weighted by molar-refractivity contribution is 5.97. The first-order valence-electron chi connectivity index (χ1n) is 12.4. The summed E-state index contributed by atoms with van der Waals surface area (Å²) in [6.45, 7) is 3.44. The van der Waals surface area contributed by atoms with Crippen molar-refractivity contribution in [2.24, 2.45) is 0 Å². The second-order valence-electron chi connectivity index (χ2n) is 9.44. The normalized spacial score (nSPS) is 14.4. The van der Waals surface area contributed by atoms with Crippen LogP contribution in [0.1, 0.15) is 37.2 Å². The first-order valence-corrected chi connectivity index (χ1v) is 12.4. The van der Waals surface area contributed by atoms with Gasteiger partial charge >= 0.3 is 5.97 Å². The maximum absolute atomic E-state index is 13.6. The van der Waals surface area contributed by atoms with Crippen LogP contribution in [-0.4, -0.2) is 51.1 Å².